The number of aliphatic hydroxyl groups is 1. The van der Waals surface area contributed by atoms with Gasteiger partial charge in [0.25, 0.3) is 10.0 Å². The van der Waals surface area contributed by atoms with Gasteiger partial charge in [0.05, 0.1) is 6.10 Å². The molecule has 2 rings (SSSR count). The Morgan fingerprint density at radius 2 is 2.16 bits per heavy atom. The standard InChI is InChI=1S/C12H20N2O3S2/c1-9-4-5-12(18-9)19(16,17)14-8-11(15)6-10(14)7-13(2)3/h4-5,10-11,15H,6-8H2,1-3H3. The lowest BCUT2D eigenvalue weighted by Crippen LogP contribution is -2.41. The van der Waals surface area contributed by atoms with E-state index in [1.165, 1.54) is 15.6 Å². The maximum Gasteiger partial charge on any atom is 0.252 e. The minimum atomic E-state index is -3.48. The lowest BCUT2D eigenvalue weighted by Gasteiger charge is -2.25. The molecular formula is C12H20N2O3S2. The lowest BCUT2D eigenvalue weighted by molar-refractivity contribution is 0.188. The third-order valence-electron chi connectivity index (χ3n) is 3.20. The summed E-state index contributed by atoms with van der Waals surface area (Å²) in [6, 6.07) is 3.30. The van der Waals surface area contributed by atoms with E-state index >= 15 is 0 Å². The number of sulfonamides is 1. The maximum atomic E-state index is 12.6. The van der Waals surface area contributed by atoms with Gasteiger partial charge in [0.15, 0.2) is 0 Å². The Balaban J connectivity index is 2.28. The van der Waals surface area contributed by atoms with Crippen LogP contribution in [0.2, 0.25) is 0 Å². The predicted octanol–water partition coefficient (Wildman–Crippen LogP) is 0.742. The molecule has 0 radical (unpaired) electrons. The number of thiophene rings is 1. The molecule has 2 heterocycles. The quantitative estimate of drug-likeness (QED) is 0.891. The van der Waals surface area contributed by atoms with Gasteiger partial charge in [0.1, 0.15) is 4.21 Å². The number of nitrogens with zero attached hydrogens (tertiary/aromatic N) is 2. The second-order valence-corrected chi connectivity index (χ2v) is 8.65. The van der Waals surface area contributed by atoms with Crippen molar-refractivity contribution < 1.29 is 13.5 Å². The summed E-state index contributed by atoms with van der Waals surface area (Å²) in [7, 11) is 0.335. The first kappa shape index (κ1) is 14.9. The van der Waals surface area contributed by atoms with E-state index in [1.807, 2.05) is 32.0 Å². The number of likely N-dealkylation sites (N-methyl/N-ethyl adjacent to an activating group) is 1. The van der Waals surface area contributed by atoms with Crippen molar-refractivity contribution in [1.29, 1.82) is 0 Å². The first-order chi connectivity index (χ1) is 8.80. The highest BCUT2D eigenvalue weighted by atomic mass is 32.2. The monoisotopic (exact) mass is 304 g/mol. The Labute approximate surface area is 118 Å². The molecule has 2 atom stereocenters. The van der Waals surface area contributed by atoms with Crippen molar-refractivity contribution in [2.24, 2.45) is 0 Å². The van der Waals surface area contributed by atoms with E-state index < -0.39 is 16.1 Å². The second-order valence-electron chi connectivity index (χ2n) is 5.25. The number of aryl methyl sites for hydroxylation is 1. The van der Waals surface area contributed by atoms with E-state index in [2.05, 4.69) is 0 Å². The number of hydrogen-bond acceptors (Lipinski definition) is 5. The van der Waals surface area contributed by atoms with Gasteiger partial charge in [-0.1, -0.05) is 0 Å². The van der Waals surface area contributed by atoms with Gasteiger partial charge in [-0.05, 0) is 39.6 Å². The van der Waals surface area contributed by atoms with Crippen molar-refractivity contribution >= 4 is 21.4 Å². The van der Waals surface area contributed by atoms with E-state index in [9.17, 15) is 13.5 Å². The molecule has 1 aromatic rings. The van der Waals surface area contributed by atoms with Crippen LogP contribution >= 0.6 is 11.3 Å². The summed E-state index contributed by atoms with van der Waals surface area (Å²) in [4.78, 5) is 2.92. The minimum Gasteiger partial charge on any atom is -0.392 e. The smallest absolute Gasteiger partial charge is 0.252 e. The van der Waals surface area contributed by atoms with Gasteiger partial charge in [0, 0.05) is 24.0 Å². The molecule has 1 fully saturated rings. The SMILES string of the molecule is Cc1ccc(S(=O)(=O)N2CC(O)CC2CN(C)C)s1. The zero-order chi connectivity index (χ0) is 14.2. The molecule has 0 bridgehead atoms. The van der Waals surface area contributed by atoms with Crippen LogP contribution in [-0.4, -0.2) is 62.1 Å². The number of β-amino-alcohol motifs (C(OH)–C–C–N with tert-alkyl or cyclic N) is 1. The van der Waals surface area contributed by atoms with Gasteiger partial charge in [0.2, 0.25) is 0 Å². The molecule has 7 heteroatoms. The molecule has 2 unspecified atom stereocenters. The third kappa shape index (κ3) is 3.17. The summed E-state index contributed by atoms with van der Waals surface area (Å²) in [5.74, 6) is 0. The Morgan fingerprint density at radius 1 is 1.47 bits per heavy atom. The largest absolute Gasteiger partial charge is 0.392 e. The predicted molar refractivity (Wildman–Crippen MR) is 75.9 cm³/mol. The van der Waals surface area contributed by atoms with Crippen molar-refractivity contribution in [3.05, 3.63) is 17.0 Å². The Bertz CT molecular complexity index is 539. The van der Waals surface area contributed by atoms with Crippen LogP contribution in [0.5, 0.6) is 0 Å². The summed E-state index contributed by atoms with van der Waals surface area (Å²) >= 11 is 1.28. The first-order valence-electron chi connectivity index (χ1n) is 6.22. The summed E-state index contributed by atoms with van der Waals surface area (Å²) in [5, 5.41) is 9.78. The topological polar surface area (TPSA) is 60.9 Å². The van der Waals surface area contributed by atoms with Crippen LogP contribution in [0.15, 0.2) is 16.3 Å². The van der Waals surface area contributed by atoms with Crippen LogP contribution in [0.1, 0.15) is 11.3 Å². The molecular weight excluding hydrogens is 284 g/mol. The van der Waals surface area contributed by atoms with Gasteiger partial charge >= 0.3 is 0 Å². The van der Waals surface area contributed by atoms with E-state index in [-0.39, 0.29) is 12.6 Å². The van der Waals surface area contributed by atoms with Gasteiger partial charge < -0.3 is 10.0 Å². The van der Waals surface area contributed by atoms with Crippen LogP contribution in [0.3, 0.4) is 0 Å². The zero-order valence-electron chi connectivity index (χ0n) is 11.4. The summed E-state index contributed by atoms with van der Waals surface area (Å²) < 4.78 is 27.0. The van der Waals surface area contributed by atoms with Crippen molar-refractivity contribution in [1.82, 2.24) is 9.21 Å². The van der Waals surface area contributed by atoms with E-state index in [0.29, 0.717) is 17.2 Å². The minimum absolute atomic E-state index is 0.155. The van der Waals surface area contributed by atoms with Crippen LogP contribution in [0.25, 0.3) is 0 Å². The number of aliphatic hydroxyl groups excluding tert-OH is 1. The van der Waals surface area contributed by atoms with Crippen LogP contribution in [0, 0.1) is 6.92 Å². The Kier molecular flexibility index (Phi) is 4.32. The van der Waals surface area contributed by atoms with Crippen LogP contribution in [0.4, 0.5) is 0 Å². The Morgan fingerprint density at radius 3 is 2.68 bits per heavy atom. The molecule has 1 saturated heterocycles. The van der Waals surface area contributed by atoms with Crippen LogP contribution < -0.4 is 0 Å². The zero-order valence-corrected chi connectivity index (χ0v) is 13.0. The first-order valence-corrected chi connectivity index (χ1v) is 8.47. The fraction of sp³-hybridized carbons (Fsp3) is 0.667. The number of rotatable bonds is 4. The second kappa shape index (κ2) is 5.49. The van der Waals surface area contributed by atoms with E-state index in [1.54, 1.807) is 6.07 Å². The highest BCUT2D eigenvalue weighted by Crippen LogP contribution is 2.30. The van der Waals surface area contributed by atoms with Gasteiger partial charge in [-0.15, -0.1) is 11.3 Å². The molecule has 0 saturated carbocycles. The molecule has 1 aliphatic rings. The van der Waals surface area contributed by atoms with Gasteiger partial charge in [-0.25, -0.2) is 8.42 Å². The molecule has 0 aromatic carbocycles. The third-order valence-corrected chi connectivity index (χ3v) is 6.58. The molecule has 1 N–H and O–H groups in total. The molecule has 0 aliphatic carbocycles. The van der Waals surface area contributed by atoms with E-state index in [4.69, 9.17) is 0 Å². The van der Waals surface area contributed by atoms with E-state index in [0.717, 1.165) is 4.88 Å². The maximum absolute atomic E-state index is 12.6. The van der Waals surface area contributed by atoms with Crippen molar-refractivity contribution in [3.8, 4) is 0 Å². The van der Waals surface area contributed by atoms with Gasteiger partial charge in [-0.2, -0.15) is 4.31 Å². The lowest BCUT2D eigenvalue weighted by atomic mass is 10.2. The highest BCUT2D eigenvalue weighted by Gasteiger charge is 2.40. The van der Waals surface area contributed by atoms with Gasteiger partial charge in [-0.3, -0.25) is 0 Å². The molecule has 0 amide bonds. The fourth-order valence-electron chi connectivity index (χ4n) is 2.41. The molecule has 108 valence electrons. The highest BCUT2D eigenvalue weighted by molar-refractivity contribution is 7.91. The van der Waals surface area contributed by atoms with Crippen LogP contribution in [-0.2, 0) is 10.0 Å². The van der Waals surface area contributed by atoms with Crippen molar-refractivity contribution in [2.75, 3.05) is 27.2 Å². The molecule has 5 nitrogen and oxygen atoms in total. The fourth-order valence-corrected chi connectivity index (χ4v) is 5.49. The normalized spacial score (nSPS) is 25.3. The molecule has 19 heavy (non-hydrogen) atoms. The summed E-state index contributed by atoms with van der Waals surface area (Å²) in [6.45, 7) is 2.71. The molecule has 1 aromatic heterocycles. The molecule has 1 aliphatic heterocycles. The summed E-state index contributed by atoms with van der Waals surface area (Å²) in [6.07, 6.45) is -0.0670. The molecule has 0 spiro atoms. The Hall–Kier alpha value is -0.470. The van der Waals surface area contributed by atoms with Crippen molar-refractivity contribution in [3.63, 3.8) is 0 Å². The van der Waals surface area contributed by atoms with Crippen molar-refractivity contribution in [2.45, 2.75) is 29.7 Å². The average Bonchev–Trinajstić information content (AvgIpc) is 2.85. The number of hydrogen-bond donors (Lipinski definition) is 1. The summed E-state index contributed by atoms with van der Waals surface area (Å²) in [5.41, 5.74) is 0. The average molecular weight is 304 g/mol.